The fraction of sp³-hybridized carbons (Fsp3) is 0.317. The summed E-state index contributed by atoms with van der Waals surface area (Å²) in [5, 5.41) is 6.51. The van der Waals surface area contributed by atoms with Crippen LogP contribution in [0.3, 0.4) is 0 Å². The summed E-state index contributed by atoms with van der Waals surface area (Å²) in [6.45, 7) is 4.71. The molecule has 2 heterocycles. The Labute approximate surface area is 294 Å². The van der Waals surface area contributed by atoms with E-state index in [2.05, 4.69) is 34.7 Å². The van der Waals surface area contributed by atoms with Gasteiger partial charge in [0.25, 0.3) is 0 Å². The monoisotopic (exact) mass is 670 g/mol. The maximum absolute atomic E-state index is 13.3. The predicted molar refractivity (Wildman–Crippen MR) is 200 cm³/mol. The van der Waals surface area contributed by atoms with Gasteiger partial charge in [-0.2, -0.15) is 0 Å². The molecule has 1 aromatic heterocycles. The molecule has 5 aromatic rings. The second kappa shape index (κ2) is 16.8. The third-order valence-electron chi connectivity index (χ3n) is 9.26. The van der Waals surface area contributed by atoms with Crippen molar-refractivity contribution in [2.75, 3.05) is 36.8 Å². The summed E-state index contributed by atoms with van der Waals surface area (Å²) in [5.41, 5.74) is 6.42. The Kier molecular flexibility index (Phi) is 11.6. The van der Waals surface area contributed by atoms with E-state index in [1.165, 1.54) is 5.56 Å². The molecule has 9 nitrogen and oxygen atoms in total. The Morgan fingerprint density at radius 2 is 1.58 bits per heavy atom. The van der Waals surface area contributed by atoms with E-state index in [1.807, 2.05) is 95.9 Å². The number of benzene rings is 4. The standard InChI is InChI=1S/C41H46N6O3/c1-2-25-46(38(48)22-18-30-11-5-3-6-12-30)27-24-42-33-16-9-15-32(28-33)40-44-35-21-20-34(29-36(35)45-40)43-41(50)37-17-10-26-47(37)39(49)23-19-31-13-7-4-8-14-31/h3-9,11-16,20-21,28-29,37,42H,2,10,17-19,22-27H2,1H3,(H,43,50)(H,44,45)/t37-/m0/s1. The first-order valence-corrected chi connectivity index (χ1v) is 17.8. The summed E-state index contributed by atoms with van der Waals surface area (Å²) >= 11 is 0. The van der Waals surface area contributed by atoms with Gasteiger partial charge in [-0.05, 0) is 73.6 Å². The molecule has 0 aliphatic carbocycles. The molecule has 50 heavy (non-hydrogen) atoms. The van der Waals surface area contributed by atoms with Gasteiger partial charge in [0.1, 0.15) is 11.9 Å². The molecule has 1 aliphatic rings. The number of aryl methyl sites for hydroxylation is 2. The summed E-state index contributed by atoms with van der Waals surface area (Å²) in [4.78, 5) is 51.3. The number of rotatable bonds is 15. The fourth-order valence-electron chi connectivity index (χ4n) is 6.62. The molecule has 0 unspecified atom stereocenters. The highest BCUT2D eigenvalue weighted by Gasteiger charge is 2.33. The lowest BCUT2D eigenvalue weighted by atomic mass is 10.1. The van der Waals surface area contributed by atoms with E-state index in [9.17, 15) is 14.4 Å². The number of imidazole rings is 1. The van der Waals surface area contributed by atoms with Crippen LogP contribution in [0.25, 0.3) is 22.4 Å². The van der Waals surface area contributed by atoms with E-state index in [1.54, 1.807) is 4.90 Å². The first kappa shape index (κ1) is 34.4. The van der Waals surface area contributed by atoms with Crippen LogP contribution < -0.4 is 10.6 Å². The van der Waals surface area contributed by atoms with Gasteiger partial charge in [-0.15, -0.1) is 0 Å². The molecule has 9 heteroatoms. The minimum Gasteiger partial charge on any atom is -0.383 e. The van der Waals surface area contributed by atoms with E-state index in [0.29, 0.717) is 51.0 Å². The lowest BCUT2D eigenvalue weighted by molar-refractivity contribution is -0.136. The van der Waals surface area contributed by atoms with Gasteiger partial charge in [-0.25, -0.2) is 4.98 Å². The number of nitrogens with one attached hydrogen (secondary N) is 3. The van der Waals surface area contributed by atoms with Crippen LogP contribution in [0, 0.1) is 0 Å². The smallest absolute Gasteiger partial charge is 0.247 e. The molecule has 0 saturated carbocycles. The van der Waals surface area contributed by atoms with Crippen molar-refractivity contribution in [3.63, 3.8) is 0 Å². The van der Waals surface area contributed by atoms with Crippen LogP contribution in [0.1, 0.15) is 50.2 Å². The van der Waals surface area contributed by atoms with Gasteiger partial charge >= 0.3 is 0 Å². The zero-order valence-electron chi connectivity index (χ0n) is 28.7. The number of carbonyl (C=O) groups is 3. The van der Waals surface area contributed by atoms with E-state index in [-0.39, 0.29) is 17.7 Å². The van der Waals surface area contributed by atoms with Gasteiger partial charge in [0.15, 0.2) is 0 Å². The average molecular weight is 671 g/mol. The molecule has 3 amide bonds. The van der Waals surface area contributed by atoms with Gasteiger partial charge < -0.3 is 25.4 Å². The molecule has 0 radical (unpaired) electrons. The number of likely N-dealkylation sites (tertiary alicyclic amines) is 1. The van der Waals surface area contributed by atoms with Crippen molar-refractivity contribution < 1.29 is 14.4 Å². The lowest BCUT2D eigenvalue weighted by Gasteiger charge is -2.24. The third-order valence-corrected chi connectivity index (χ3v) is 9.26. The molecule has 258 valence electrons. The molecule has 4 aromatic carbocycles. The van der Waals surface area contributed by atoms with Crippen LogP contribution in [0.4, 0.5) is 11.4 Å². The quantitative estimate of drug-likeness (QED) is 0.110. The molecule has 0 bridgehead atoms. The number of hydrogen-bond donors (Lipinski definition) is 3. The van der Waals surface area contributed by atoms with Crippen molar-refractivity contribution in [2.45, 2.75) is 57.9 Å². The number of aromatic nitrogens is 2. The van der Waals surface area contributed by atoms with Gasteiger partial charge in [-0.3, -0.25) is 14.4 Å². The molecule has 6 rings (SSSR count). The van der Waals surface area contributed by atoms with E-state index < -0.39 is 6.04 Å². The van der Waals surface area contributed by atoms with Crippen LogP contribution in [-0.4, -0.2) is 69.7 Å². The van der Waals surface area contributed by atoms with Gasteiger partial charge in [0, 0.05) is 56.0 Å². The van der Waals surface area contributed by atoms with Crippen LogP contribution in [-0.2, 0) is 27.2 Å². The van der Waals surface area contributed by atoms with Crippen molar-refractivity contribution in [2.24, 2.45) is 0 Å². The summed E-state index contributed by atoms with van der Waals surface area (Å²) in [6.07, 6.45) is 4.69. The highest BCUT2D eigenvalue weighted by Crippen LogP contribution is 2.26. The largest absolute Gasteiger partial charge is 0.383 e. The summed E-state index contributed by atoms with van der Waals surface area (Å²) in [6, 6.07) is 33.3. The maximum atomic E-state index is 13.3. The minimum absolute atomic E-state index is 0.0150. The topological polar surface area (TPSA) is 110 Å². The number of amides is 3. The molecule has 1 atom stereocenters. The van der Waals surface area contributed by atoms with Crippen LogP contribution in [0.15, 0.2) is 103 Å². The predicted octanol–water partition coefficient (Wildman–Crippen LogP) is 7.08. The van der Waals surface area contributed by atoms with E-state index in [4.69, 9.17) is 4.98 Å². The number of fused-ring (bicyclic) bond motifs is 1. The van der Waals surface area contributed by atoms with Gasteiger partial charge in [0.05, 0.1) is 11.0 Å². The maximum Gasteiger partial charge on any atom is 0.247 e. The molecule has 1 saturated heterocycles. The number of carbonyl (C=O) groups excluding carboxylic acids is 3. The number of hydrogen-bond acceptors (Lipinski definition) is 5. The van der Waals surface area contributed by atoms with Crippen molar-refractivity contribution in [3.8, 4) is 11.4 Å². The average Bonchev–Trinajstić information content (AvgIpc) is 3.82. The number of aromatic amines is 1. The van der Waals surface area contributed by atoms with Crippen LogP contribution in [0.2, 0.25) is 0 Å². The second-order valence-electron chi connectivity index (χ2n) is 12.9. The van der Waals surface area contributed by atoms with Gasteiger partial charge in [-0.1, -0.05) is 79.7 Å². The Hall–Kier alpha value is -5.44. The molecule has 1 fully saturated rings. The van der Waals surface area contributed by atoms with Crippen LogP contribution in [0.5, 0.6) is 0 Å². The van der Waals surface area contributed by atoms with E-state index in [0.717, 1.165) is 59.5 Å². The van der Waals surface area contributed by atoms with E-state index >= 15 is 0 Å². The summed E-state index contributed by atoms with van der Waals surface area (Å²) in [5.74, 6) is 0.750. The molecule has 1 aliphatic heterocycles. The summed E-state index contributed by atoms with van der Waals surface area (Å²) < 4.78 is 0. The molecule has 3 N–H and O–H groups in total. The Bertz CT molecular complexity index is 1890. The number of H-pyrrole nitrogens is 1. The third kappa shape index (κ3) is 8.96. The molecular weight excluding hydrogens is 624 g/mol. The van der Waals surface area contributed by atoms with Crippen LogP contribution >= 0.6 is 0 Å². The van der Waals surface area contributed by atoms with Crippen molar-refractivity contribution in [1.29, 1.82) is 0 Å². The zero-order valence-corrected chi connectivity index (χ0v) is 28.7. The van der Waals surface area contributed by atoms with Crippen molar-refractivity contribution >= 4 is 40.1 Å². The normalized spacial score (nSPS) is 14.1. The molecular formula is C41H46N6O3. The Morgan fingerprint density at radius 1 is 0.840 bits per heavy atom. The van der Waals surface area contributed by atoms with Crippen molar-refractivity contribution in [3.05, 3.63) is 114 Å². The summed E-state index contributed by atoms with van der Waals surface area (Å²) in [7, 11) is 0. The second-order valence-corrected chi connectivity index (χ2v) is 12.9. The highest BCUT2D eigenvalue weighted by molar-refractivity contribution is 5.99. The highest BCUT2D eigenvalue weighted by atomic mass is 16.2. The lowest BCUT2D eigenvalue weighted by Crippen LogP contribution is -2.43. The minimum atomic E-state index is -0.472. The molecule has 0 spiro atoms. The van der Waals surface area contributed by atoms with Gasteiger partial charge in [0.2, 0.25) is 17.7 Å². The fourth-order valence-corrected chi connectivity index (χ4v) is 6.62. The number of nitrogens with zero attached hydrogens (tertiary/aromatic N) is 3. The zero-order chi connectivity index (χ0) is 34.7. The Balaban J connectivity index is 1.03. The number of anilines is 2. The SMILES string of the molecule is CCCN(CCNc1cccc(-c2nc3cc(NC(=O)[C@@H]4CCCN4C(=O)CCc4ccccc4)ccc3[nH]2)c1)C(=O)CCc1ccccc1. The van der Waals surface area contributed by atoms with Crippen molar-refractivity contribution in [1.82, 2.24) is 19.8 Å². The first-order valence-electron chi connectivity index (χ1n) is 17.8. The first-order chi connectivity index (χ1) is 24.5. The Morgan fingerprint density at radius 3 is 2.32 bits per heavy atom.